The lowest BCUT2D eigenvalue weighted by Gasteiger charge is -2.25. The van der Waals surface area contributed by atoms with Gasteiger partial charge in [-0.2, -0.15) is 9.61 Å². The average Bonchev–Trinajstić information content (AvgIpc) is 3.33. The zero-order valence-corrected chi connectivity index (χ0v) is 18.7. The van der Waals surface area contributed by atoms with Gasteiger partial charge in [-0.25, -0.2) is 4.98 Å². The fourth-order valence-corrected chi connectivity index (χ4v) is 4.53. The van der Waals surface area contributed by atoms with E-state index in [1.807, 2.05) is 24.4 Å². The van der Waals surface area contributed by atoms with Gasteiger partial charge in [-0.05, 0) is 38.8 Å². The summed E-state index contributed by atoms with van der Waals surface area (Å²) >= 11 is 6.68. The van der Waals surface area contributed by atoms with Crippen LogP contribution in [0.5, 0.6) is 0 Å². The van der Waals surface area contributed by atoms with Gasteiger partial charge in [-0.15, -0.1) is 5.92 Å². The molecular weight excluding hydrogens is 400 g/mol. The number of hydrogen-bond donors (Lipinski definition) is 0. The van der Waals surface area contributed by atoms with Gasteiger partial charge in [0.1, 0.15) is 11.6 Å². The number of fused-ring (bicyclic) bond motifs is 2. The molecule has 0 saturated heterocycles. The molecule has 1 unspecified atom stereocenters. The second kappa shape index (κ2) is 8.71. The van der Waals surface area contributed by atoms with Crippen LogP contribution >= 0.6 is 11.6 Å². The van der Waals surface area contributed by atoms with Crippen molar-refractivity contribution < 1.29 is 9.47 Å². The molecule has 0 N–H and O–H groups in total. The quantitative estimate of drug-likeness (QED) is 0.639. The molecule has 4 rings (SSSR count). The van der Waals surface area contributed by atoms with E-state index < -0.39 is 0 Å². The van der Waals surface area contributed by atoms with Crippen molar-refractivity contribution in [3.05, 3.63) is 45.5 Å². The molecule has 30 heavy (non-hydrogen) atoms. The van der Waals surface area contributed by atoms with Crippen LogP contribution in [0, 0.1) is 18.8 Å². The van der Waals surface area contributed by atoms with E-state index in [0.717, 1.165) is 64.2 Å². The average molecular weight is 427 g/mol. The molecule has 1 aliphatic carbocycles. The number of aromatic nitrogens is 3. The van der Waals surface area contributed by atoms with E-state index >= 15 is 0 Å². The van der Waals surface area contributed by atoms with Gasteiger partial charge in [-0.3, -0.25) is 0 Å². The maximum Gasteiger partial charge on any atom is 0.161 e. The highest BCUT2D eigenvalue weighted by molar-refractivity contribution is 6.30. The predicted molar refractivity (Wildman–Crippen MR) is 119 cm³/mol. The number of halogens is 1. The van der Waals surface area contributed by atoms with Gasteiger partial charge in [0.05, 0.1) is 38.3 Å². The molecule has 0 amide bonds. The SMILES string of the molecule is CC#CCN(CCC)c1c2c(nc3c(C4CC=C(OC)C=C4Cl)c(C)nn13)COC2. The first-order valence-electron chi connectivity index (χ1n) is 10.3. The number of aryl methyl sites for hydroxylation is 1. The van der Waals surface area contributed by atoms with Crippen LogP contribution in [0.15, 0.2) is 22.9 Å². The predicted octanol–water partition coefficient (Wildman–Crippen LogP) is 4.45. The Bertz CT molecular complexity index is 1090. The van der Waals surface area contributed by atoms with E-state index in [0.29, 0.717) is 19.8 Å². The molecule has 0 spiro atoms. The molecule has 0 radical (unpaired) electrons. The summed E-state index contributed by atoms with van der Waals surface area (Å²) in [5.41, 5.74) is 4.94. The first-order valence-corrected chi connectivity index (χ1v) is 10.7. The third kappa shape index (κ3) is 3.57. The Morgan fingerprint density at radius 2 is 2.23 bits per heavy atom. The highest BCUT2D eigenvalue weighted by Gasteiger charge is 2.31. The molecule has 0 saturated carbocycles. The fourth-order valence-electron chi connectivity index (χ4n) is 4.23. The summed E-state index contributed by atoms with van der Waals surface area (Å²) in [7, 11) is 1.66. The molecular formula is C23H27ClN4O2. The van der Waals surface area contributed by atoms with Gasteiger partial charge in [0.2, 0.25) is 0 Å². The molecule has 6 nitrogen and oxygen atoms in total. The van der Waals surface area contributed by atoms with Crippen LogP contribution in [0.4, 0.5) is 5.82 Å². The number of methoxy groups -OCH3 is 1. The summed E-state index contributed by atoms with van der Waals surface area (Å²) in [4.78, 5) is 7.27. The van der Waals surface area contributed by atoms with Crippen LogP contribution in [0.2, 0.25) is 0 Å². The van der Waals surface area contributed by atoms with E-state index in [1.54, 1.807) is 7.11 Å². The summed E-state index contributed by atoms with van der Waals surface area (Å²) in [6.45, 7) is 8.68. The first-order chi connectivity index (χ1) is 14.6. The van der Waals surface area contributed by atoms with Crippen LogP contribution in [0.25, 0.3) is 5.65 Å². The number of nitrogens with zero attached hydrogens (tertiary/aromatic N) is 4. The number of rotatable bonds is 6. The molecule has 2 aromatic heterocycles. The summed E-state index contributed by atoms with van der Waals surface area (Å²) < 4.78 is 13.1. The molecule has 2 aromatic rings. The topological polar surface area (TPSA) is 51.9 Å². The third-order valence-electron chi connectivity index (χ3n) is 5.62. The van der Waals surface area contributed by atoms with Gasteiger partial charge in [-0.1, -0.05) is 24.4 Å². The lowest BCUT2D eigenvalue weighted by molar-refractivity contribution is 0.133. The summed E-state index contributed by atoms with van der Waals surface area (Å²) in [5, 5.41) is 5.67. The minimum atomic E-state index is 0.0128. The number of hydrogen-bond acceptors (Lipinski definition) is 5. The van der Waals surface area contributed by atoms with Crippen LogP contribution in [0.3, 0.4) is 0 Å². The monoisotopic (exact) mass is 426 g/mol. The maximum absolute atomic E-state index is 6.68. The Morgan fingerprint density at radius 1 is 1.40 bits per heavy atom. The smallest absolute Gasteiger partial charge is 0.161 e. The minimum absolute atomic E-state index is 0.0128. The van der Waals surface area contributed by atoms with Crippen molar-refractivity contribution in [1.82, 2.24) is 14.6 Å². The minimum Gasteiger partial charge on any atom is -0.497 e. The molecule has 3 heterocycles. The lowest BCUT2D eigenvalue weighted by Crippen LogP contribution is -2.28. The van der Waals surface area contributed by atoms with E-state index in [9.17, 15) is 0 Å². The lowest BCUT2D eigenvalue weighted by atomic mass is 9.91. The molecule has 2 aliphatic rings. The number of ether oxygens (including phenoxy) is 2. The zero-order chi connectivity index (χ0) is 21.3. The molecule has 0 aromatic carbocycles. The van der Waals surface area contributed by atoms with Gasteiger partial charge < -0.3 is 14.4 Å². The Labute approximate surface area is 182 Å². The highest BCUT2D eigenvalue weighted by atomic mass is 35.5. The van der Waals surface area contributed by atoms with E-state index in [2.05, 4.69) is 29.7 Å². The molecule has 0 bridgehead atoms. The van der Waals surface area contributed by atoms with Crippen LogP contribution < -0.4 is 4.90 Å². The zero-order valence-electron chi connectivity index (χ0n) is 18.0. The third-order valence-corrected chi connectivity index (χ3v) is 5.99. The molecule has 7 heteroatoms. The normalized spacial score (nSPS) is 17.8. The van der Waals surface area contributed by atoms with Gasteiger partial charge in [0.15, 0.2) is 5.65 Å². The standard InChI is InChI=1S/C23H27ClN4O2/c1-5-7-11-27(10-6-2)23-18-13-30-14-20(18)25-22-21(15(3)26-28(22)23)17-9-8-16(29-4)12-19(17)24/h8,12,17H,6,9-11,13-14H2,1-4H3. The molecule has 1 aliphatic heterocycles. The Kier molecular flexibility index (Phi) is 6.03. The Hall–Kier alpha value is -2.49. The van der Waals surface area contributed by atoms with Gasteiger partial charge in [0, 0.05) is 28.6 Å². The van der Waals surface area contributed by atoms with Crippen molar-refractivity contribution in [1.29, 1.82) is 0 Å². The summed E-state index contributed by atoms with van der Waals surface area (Å²) in [6.07, 6.45) is 5.72. The fraction of sp³-hybridized carbons (Fsp3) is 0.478. The molecule has 0 fully saturated rings. The Morgan fingerprint density at radius 3 is 2.93 bits per heavy atom. The summed E-state index contributed by atoms with van der Waals surface area (Å²) in [5.74, 6) is 8.07. The largest absolute Gasteiger partial charge is 0.497 e. The Balaban J connectivity index is 1.90. The van der Waals surface area contributed by atoms with Gasteiger partial charge >= 0.3 is 0 Å². The van der Waals surface area contributed by atoms with E-state index in [-0.39, 0.29) is 5.92 Å². The van der Waals surface area contributed by atoms with Crippen molar-refractivity contribution in [2.24, 2.45) is 0 Å². The van der Waals surface area contributed by atoms with E-state index in [1.165, 1.54) is 0 Å². The highest BCUT2D eigenvalue weighted by Crippen LogP contribution is 2.41. The van der Waals surface area contributed by atoms with Crippen molar-refractivity contribution in [2.75, 3.05) is 25.1 Å². The van der Waals surface area contributed by atoms with Crippen LogP contribution in [0.1, 0.15) is 55.1 Å². The van der Waals surface area contributed by atoms with Crippen molar-refractivity contribution in [3.63, 3.8) is 0 Å². The molecule has 158 valence electrons. The number of anilines is 1. The van der Waals surface area contributed by atoms with Crippen molar-refractivity contribution in [3.8, 4) is 11.8 Å². The van der Waals surface area contributed by atoms with Crippen LogP contribution in [-0.4, -0.2) is 34.8 Å². The summed E-state index contributed by atoms with van der Waals surface area (Å²) in [6, 6.07) is 0. The van der Waals surface area contributed by atoms with Crippen molar-refractivity contribution >= 4 is 23.1 Å². The van der Waals surface area contributed by atoms with Crippen LogP contribution in [-0.2, 0) is 22.7 Å². The molecule has 1 atom stereocenters. The van der Waals surface area contributed by atoms with E-state index in [4.69, 9.17) is 31.2 Å². The first kappa shape index (κ1) is 20.8. The number of allylic oxidation sites excluding steroid dienone is 3. The van der Waals surface area contributed by atoms with Gasteiger partial charge in [0.25, 0.3) is 0 Å². The van der Waals surface area contributed by atoms with Crippen molar-refractivity contribution in [2.45, 2.75) is 52.7 Å². The second-order valence-corrected chi connectivity index (χ2v) is 8.00. The maximum atomic E-state index is 6.68. The second-order valence-electron chi connectivity index (χ2n) is 7.56.